The summed E-state index contributed by atoms with van der Waals surface area (Å²) in [4.78, 5) is 4.46. The number of aryl methyl sites for hydroxylation is 2. The monoisotopic (exact) mass is 237 g/mol. The Morgan fingerprint density at radius 3 is 2.65 bits per heavy atom. The van der Waals surface area contributed by atoms with Gasteiger partial charge in [0.05, 0.1) is 0 Å². The lowest BCUT2D eigenvalue weighted by molar-refractivity contribution is 0.266. The summed E-state index contributed by atoms with van der Waals surface area (Å²) in [5, 5.41) is 3.42. The number of rotatable bonds is 6. The molecule has 0 spiro atoms. The first-order valence-corrected chi connectivity index (χ1v) is 6.66. The number of aromatic nitrogens is 2. The van der Waals surface area contributed by atoms with Crippen LogP contribution in [0, 0.1) is 5.41 Å². The summed E-state index contributed by atoms with van der Waals surface area (Å²) in [6.45, 7) is 10.1. The van der Waals surface area contributed by atoms with Crippen LogP contribution in [0.1, 0.15) is 46.4 Å². The molecule has 1 aromatic heterocycles. The minimum atomic E-state index is 0.303. The quantitative estimate of drug-likeness (QED) is 0.824. The second kappa shape index (κ2) is 6.20. The number of hydrogen-bond donors (Lipinski definition) is 1. The highest BCUT2D eigenvalue weighted by atomic mass is 15.1. The van der Waals surface area contributed by atoms with Crippen LogP contribution in [0.4, 0.5) is 0 Å². The van der Waals surface area contributed by atoms with Crippen LogP contribution in [0.15, 0.2) is 12.4 Å². The van der Waals surface area contributed by atoms with E-state index in [1.54, 1.807) is 0 Å². The van der Waals surface area contributed by atoms with E-state index in [2.05, 4.69) is 55.8 Å². The lowest BCUT2D eigenvalue weighted by Gasteiger charge is -2.30. The summed E-state index contributed by atoms with van der Waals surface area (Å²) < 4.78 is 2.27. The summed E-state index contributed by atoms with van der Waals surface area (Å²) in [7, 11) is 2.05. The van der Waals surface area contributed by atoms with Gasteiger partial charge in [-0.25, -0.2) is 4.98 Å². The molecule has 1 unspecified atom stereocenters. The van der Waals surface area contributed by atoms with Crippen LogP contribution in [-0.4, -0.2) is 22.6 Å². The van der Waals surface area contributed by atoms with Crippen LogP contribution in [0.3, 0.4) is 0 Å². The van der Waals surface area contributed by atoms with Crippen LogP contribution in [0.25, 0.3) is 0 Å². The fourth-order valence-corrected chi connectivity index (χ4v) is 2.30. The van der Waals surface area contributed by atoms with Crippen molar-refractivity contribution in [2.75, 3.05) is 7.05 Å². The van der Waals surface area contributed by atoms with Gasteiger partial charge < -0.3 is 9.88 Å². The first kappa shape index (κ1) is 14.2. The Balaban J connectivity index is 2.57. The molecule has 17 heavy (non-hydrogen) atoms. The van der Waals surface area contributed by atoms with Crippen molar-refractivity contribution < 1.29 is 0 Å². The molecule has 1 atom stereocenters. The second-order valence-corrected chi connectivity index (χ2v) is 5.78. The molecular weight excluding hydrogens is 210 g/mol. The van der Waals surface area contributed by atoms with Crippen molar-refractivity contribution in [2.45, 2.75) is 59.5 Å². The molecule has 98 valence electrons. The summed E-state index contributed by atoms with van der Waals surface area (Å²) in [6.07, 6.45) is 7.36. The van der Waals surface area contributed by atoms with Crippen LogP contribution in [-0.2, 0) is 13.0 Å². The van der Waals surface area contributed by atoms with Crippen molar-refractivity contribution >= 4 is 0 Å². The molecule has 0 aliphatic heterocycles. The SMILES string of the molecule is CCCn1ccnc1CCC(NC)C(C)(C)C. The molecule has 0 saturated heterocycles. The molecule has 1 heterocycles. The molecule has 0 saturated carbocycles. The van der Waals surface area contributed by atoms with Crippen LogP contribution in [0.2, 0.25) is 0 Å². The Labute approximate surface area is 106 Å². The van der Waals surface area contributed by atoms with Gasteiger partial charge in [0.1, 0.15) is 5.82 Å². The Bertz CT molecular complexity index is 322. The molecule has 1 aromatic rings. The number of imidazole rings is 1. The van der Waals surface area contributed by atoms with Gasteiger partial charge in [0.2, 0.25) is 0 Å². The molecule has 0 aliphatic rings. The number of hydrogen-bond acceptors (Lipinski definition) is 2. The average Bonchev–Trinajstić information content (AvgIpc) is 2.65. The van der Waals surface area contributed by atoms with E-state index in [9.17, 15) is 0 Å². The third-order valence-electron chi connectivity index (χ3n) is 3.32. The van der Waals surface area contributed by atoms with E-state index in [1.807, 2.05) is 6.20 Å². The molecular formula is C14H27N3. The molecule has 0 aromatic carbocycles. The molecule has 0 fully saturated rings. The zero-order chi connectivity index (χ0) is 12.9. The second-order valence-electron chi connectivity index (χ2n) is 5.78. The minimum absolute atomic E-state index is 0.303. The summed E-state index contributed by atoms with van der Waals surface area (Å²) in [5.41, 5.74) is 0.303. The van der Waals surface area contributed by atoms with Crippen molar-refractivity contribution in [3.05, 3.63) is 18.2 Å². The summed E-state index contributed by atoms with van der Waals surface area (Å²) in [6, 6.07) is 0.536. The Morgan fingerprint density at radius 1 is 1.41 bits per heavy atom. The molecule has 3 heteroatoms. The maximum Gasteiger partial charge on any atom is 0.108 e. The van der Waals surface area contributed by atoms with Crippen molar-refractivity contribution in [3.63, 3.8) is 0 Å². The van der Waals surface area contributed by atoms with Gasteiger partial charge in [-0.2, -0.15) is 0 Å². The van der Waals surface area contributed by atoms with E-state index in [0.717, 1.165) is 25.8 Å². The zero-order valence-electron chi connectivity index (χ0n) is 12.0. The molecule has 0 amide bonds. The van der Waals surface area contributed by atoms with E-state index in [-0.39, 0.29) is 0 Å². The maximum atomic E-state index is 4.46. The van der Waals surface area contributed by atoms with Crippen LogP contribution >= 0.6 is 0 Å². The van der Waals surface area contributed by atoms with Crippen LogP contribution in [0.5, 0.6) is 0 Å². The summed E-state index contributed by atoms with van der Waals surface area (Å²) in [5.74, 6) is 1.22. The third-order valence-corrected chi connectivity index (χ3v) is 3.32. The van der Waals surface area contributed by atoms with E-state index in [4.69, 9.17) is 0 Å². The fraction of sp³-hybridized carbons (Fsp3) is 0.786. The molecule has 1 rings (SSSR count). The van der Waals surface area contributed by atoms with Gasteiger partial charge in [0, 0.05) is 31.4 Å². The molecule has 1 N–H and O–H groups in total. The van der Waals surface area contributed by atoms with Gasteiger partial charge >= 0.3 is 0 Å². The Morgan fingerprint density at radius 2 is 2.12 bits per heavy atom. The molecule has 0 aliphatic carbocycles. The fourth-order valence-electron chi connectivity index (χ4n) is 2.30. The van der Waals surface area contributed by atoms with Crippen molar-refractivity contribution in [3.8, 4) is 0 Å². The zero-order valence-corrected chi connectivity index (χ0v) is 12.0. The standard InChI is InChI=1S/C14H27N3/c1-6-10-17-11-9-16-13(17)8-7-12(15-5)14(2,3)4/h9,11-12,15H,6-8,10H2,1-5H3. The van der Waals surface area contributed by atoms with E-state index >= 15 is 0 Å². The third kappa shape index (κ3) is 4.15. The minimum Gasteiger partial charge on any atom is -0.335 e. The molecule has 3 nitrogen and oxygen atoms in total. The van der Waals surface area contributed by atoms with E-state index in [0.29, 0.717) is 11.5 Å². The highest BCUT2D eigenvalue weighted by molar-refractivity contribution is 4.94. The maximum absolute atomic E-state index is 4.46. The van der Waals surface area contributed by atoms with Crippen LogP contribution < -0.4 is 5.32 Å². The number of nitrogens with zero attached hydrogens (tertiary/aromatic N) is 2. The van der Waals surface area contributed by atoms with Crippen molar-refractivity contribution in [2.24, 2.45) is 5.41 Å². The Hall–Kier alpha value is -0.830. The van der Waals surface area contributed by atoms with Gasteiger partial charge in [0.15, 0.2) is 0 Å². The number of nitrogens with one attached hydrogen (secondary N) is 1. The highest BCUT2D eigenvalue weighted by Gasteiger charge is 2.22. The summed E-state index contributed by atoms with van der Waals surface area (Å²) >= 11 is 0. The normalized spacial score (nSPS) is 13.9. The van der Waals surface area contributed by atoms with E-state index < -0.39 is 0 Å². The molecule has 0 bridgehead atoms. The van der Waals surface area contributed by atoms with Crippen molar-refractivity contribution in [1.82, 2.24) is 14.9 Å². The molecule has 0 radical (unpaired) electrons. The Kier molecular flexibility index (Phi) is 5.19. The lowest BCUT2D eigenvalue weighted by atomic mass is 9.84. The predicted molar refractivity (Wildman–Crippen MR) is 73.1 cm³/mol. The highest BCUT2D eigenvalue weighted by Crippen LogP contribution is 2.22. The first-order chi connectivity index (χ1) is 7.99. The smallest absolute Gasteiger partial charge is 0.108 e. The largest absolute Gasteiger partial charge is 0.335 e. The van der Waals surface area contributed by atoms with Gasteiger partial charge in [0.25, 0.3) is 0 Å². The van der Waals surface area contributed by atoms with Crippen molar-refractivity contribution in [1.29, 1.82) is 0 Å². The van der Waals surface area contributed by atoms with E-state index in [1.165, 1.54) is 5.82 Å². The predicted octanol–water partition coefficient (Wildman–Crippen LogP) is 2.86. The topological polar surface area (TPSA) is 29.9 Å². The van der Waals surface area contributed by atoms with Gasteiger partial charge in [-0.1, -0.05) is 27.7 Å². The van der Waals surface area contributed by atoms with Gasteiger partial charge in [-0.3, -0.25) is 0 Å². The lowest BCUT2D eigenvalue weighted by Crippen LogP contribution is -2.38. The average molecular weight is 237 g/mol. The van der Waals surface area contributed by atoms with Gasteiger partial charge in [-0.05, 0) is 25.3 Å². The first-order valence-electron chi connectivity index (χ1n) is 6.66. The van der Waals surface area contributed by atoms with Gasteiger partial charge in [-0.15, -0.1) is 0 Å².